The van der Waals surface area contributed by atoms with E-state index in [-0.39, 0.29) is 5.78 Å². The molecule has 1 N–H and O–H groups in total. The molecular formula is C21H20ClNO4. The van der Waals surface area contributed by atoms with Crippen molar-refractivity contribution in [1.29, 1.82) is 0 Å². The molecule has 2 rings (SSSR count). The molecule has 0 fully saturated rings. The number of ketones is 1. The highest BCUT2D eigenvalue weighted by Crippen LogP contribution is 2.11. The van der Waals surface area contributed by atoms with Crippen LogP contribution in [0.4, 0.5) is 0 Å². The van der Waals surface area contributed by atoms with Crippen LogP contribution in [0.2, 0.25) is 5.02 Å². The number of ether oxygens (including phenoxy) is 1. The minimum absolute atomic E-state index is 0.167. The summed E-state index contributed by atoms with van der Waals surface area (Å²) in [5, 5.41) is 3.15. The van der Waals surface area contributed by atoms with Gasteiger partial charge in [-0.25, -0.2) is 4.79 Å². The van der Waals surface area contributed by atoms with Crippen LogP contribution in [0.3, 0.4) is 0 Å². The molecule has 2 aromatic carbocycles. The molecule has 0 aromatic heterocycles. The first-order chi connectivity index (χ1) is 12.9. The first kappa shape index (κ1) is 20.4. The molecule has 5 nitrogen and oxygen atoms in total. The molecule has 0 bridgehead atoms. The molecule has 0 saturated heterocycles. The summed E-state index contributed by atoms with van der Waals surface area (Å²) >= 11 is 5.86. The average molecular weight is 386 g/mol. The number of amides is 1. The van der Waals surface area contributed by atoms with E-state index in [9.17, 15) is 14.4 Å². The number of nitrogens with one attached hydrogen (secondary N) is 1. The van der Waals surface area contributed by atoms with Crippen molar-refractivity contribution in [2.45, 2.75) is 19.4 Å². The number of hydrogen-bond acceptors (Lipinski definition) is 4. The smallest absolute Gasteiger partial charge is 0.331 e. The van der Waals surface area contributed by atoms with E-state index >= 15 is 0 Å². The van der Waals surface area contributed by atoms with Gasteiger partial charge in [-0.05, 0) is 42.7 Å². The Hall–Kier alpha value is -2.92. The lowest BCUT2D eigenvalue weighted by Gasteiger charge is -2.16. The average Bonchev–Trinajstić information content (AvgIpc) is 2.65. The van der Waals surface area contributed by atoms with Gasteiger partial charge in [-0.1, -0.05) is 54.1 Å². The fraction of sp³-hybridized carbons (Fsp3) is 0.190. The van der Waals surface area contributed by atoms with E-state index < -0.39 is 24.5 Å². The molecule has 27 heavy (non-hydrogen) atoms. The summed E-state index contributed by atoms with van der Waals surface area (Å²) in [5.41, 5.74) is 1.67. The third-order valence-electron chi connectivity index (χ3n) is 3.71. The Morgan fingerprint density at radius 3 is 2.52 bits per heavy atom. The van der Waals surface area contributed by atoms with E-state index in [1.165, 1.54) is 13.0 Å². The zero-order chi connectivity index (χ0) is 19.6. The Balaban J connectivity index is 1.82. The lowest BCUT2D eigenvalue weighted by atomic mass is 10.0. The first-order valence-electron chi connectivity index (χ1n) is 8.38. The minimum atomic E-state index is -0.666. The van der Waals surface area contributed by atoms with Gasteiger partial charge in [0.15, 0.2) is 12.4 Å². The van der Waals surface area contributed by atoms with Gasteiger partial charge in [-0.15, -0.1) is 0 Å². The molecule has 6 heteroatoms. The maximum atomic E-state index is 12.0. The van der Waals surface area contributed by atoms with Gasteiger partial charge >= 0.3 is 5.97 Å². The van der Waals surface area contributed by atoms with E-state index in [1.54, 1.807) is 30.3 Å². The highest BCUT2D eigenvalue weighted by atomic mass is 35.5. The number of Topliss-reactive ketones (excluding diaryl/α,β-unsaturated/α-hetero) is 1. The topological polar surface area (TPSA) is 72.5 Å². The molecular weight excluding hydrogens is 366 g/mol. The highest BCUT2D eigenvalue weighted by molar-refractivity contribution is 6.30. The number of halogens is 1. The molecule has 0 aliphatic heterocycles. The van der Waals surface area contributed by atoms with Crippen LogP contribution in [0.1, 0.15) is 18.1 Å². The highest BCUT2D eigenvalue weighted by Gasteiger charge is 2.18. The predicted octanol–water partition coefficient (Wildman–Crippen LogP) is 3.21. The summed E-state index contributed by atoms with van der Waals surface area (Å²) in [4.78, 5) is 35.5. The zero-order valence-corrected chi connectivity index (χ0v) is 15.6. The third-order valence-corrected chi connectivity index (χ3v) is 3.95. The number of carbonyl (C=O) groups is 3. The van der Waals surface area contributed by atoms with Gasteiger partial charge in [0, 0.05) is 11.1 Å². The van der Waals surface area contributed by atoms with Crippen LogP contribution in [0.5, 0.6) is 0 Å². The molecule has 1 atom stereocenters. The van der Waals surface area contributed by atoms with E-state index in [0.717, 1.165) is 11.1 Å². The third kappa shape index (κ3) is 7.46. The summed E-state index contributed by atoms with van der Waals surface area (Å²) in [6.07, 6.45) is 3.13. The van der Waals surface area contributed by atoms with Crippen molar-refractivity contribution >= 4 is 35.3 Å². The van der Waals surface area contributed by atoms with Gasteiger partial charge in [0.2, 0.25) is 0 Å². The Morgan fingerprint density at radius 1 is 1.11 bits per heavy atom. The minimum Gasteiger partial charge on any atom is -0.452 e. The fourth-order valence-corrected chi connectivity index (χ4v) is 2.54. The molecule has 0 aliphatic rings. The monoisotopic (exact) mass is 385 g/mol. The predicted molar refractivity (Wildman–Crippen MR) is 104 cm³/mol. The quantitative estimate of drug-likeness (QED) is 0.559. The maximum Gasteiger partial charge on any atom is 0.331 e. The van der Waals surface area contributed by atoms with Crippen molar-refractivity contribution in [2.24, 2.45) is 0 Å². The van der Waals surface area contributed by atoms with Gasteiger partial charge in [0.1, 0.15) is 0 Å². The number of esters is 1. The Labute approximate surface area is 163 Å². The van der Waals surface area contributed by atoms with Crippen LogP contribution < -0.4 is 5.32 Å². The second-order valence-electron chi connectivity index (χ2n) is 5.92. The van der Waals surface area contributed by atoms with Crippen LogP contribution in [0, 0.1) is 0 Å². The van der Waals surface area contributed by atoms with Crippen molar-refractivity contribution in [1.82, 2.24) is 5.32 Å². The van der Waals surface area contributed by atoms with Crippen molar-refractivity contribution in [3.05, 3.63) is 76.8 Å². The van der Waals surface area contributed by atoms with Crippen molar-refractivity contribution < 1.29 is 19.1 Å². The van der Waals surface area contributed by atoms with E-state index in [0.29, 0.717) is 11.4 Å². The van der Waals surface area contributed by atoms with Crippen LogP contribution in [0.15, 0.2) is 60.7 Å². The van der Waals surface area contributed by atoms with Crippen LogP contribution in [0.25, 0.3) is 6.08 Å². The summed E-state index contributed by atoms with van der Waals surface area (Å²) < 4.78 is 4.90. The van der Waals surface area contributed by atoms with E-state index in [4.69, 9.17) is 16.3 Å². The molecule has 2 aromatic rings. The Kier molecular flexibility index (Phi) is 7.77. The Morgan fingerprint density at radius 2 is 1.85 bits per heavy atom. The number of carbonyl (C=O) groups excluding carboxylic acids is 3. The first-order valence-corrected chi connectivity index (χ1v) is 8.76. The van der Waals surface area contributed by atoms with E-state index in [1.807, 2.05) is 30.3 Å². The van der Waals surface area contributed by atoms with Crippen molar-refractivity contribution in [3.8, 4) is 0 Å². The maximum absolute atomic E-state index is 12.0. The molecule has 0 aliphatic carbocycles. The molecule has 1 unspecified atom stereocenters. The van der Waals surface area contributed by atoms with Gasteiger partial charge in [0.05, 0.1) is 6.04 Å². The summed E-state index contributed by atoms with van der Waals surface area (Å²) in [5.74, 6) is -1.36. The number of hydrogen-bond donors (Lipinski definition) is 1. The lowest BCUT2D eigenvalue weighted by molar-refractivity contribution is -0.144. The zero-order valence-electron chi connectivity index (χ0n) is 14.9. The Bertz CT molecular complexity index is 833. The molecule has 0 radical (unpaired) electrons. The normalized spacial score (nSPS) is 11.8. The largest absolute Gasteiger partial charge is 0.452 e. The summed E-state index contributed by atoms with van der Waals surface area (Å²) in [6, 6.07) is 15.7. The fourth-order valence-electron chi connectivity index (χ4n) is 2.34. The summed E-state index contributed by atoms with van der Waals surface area (Å²) in [6.45, 7) is 0.949. The van der Waals surface area contributed by atoms with Gasteiger partial charge in [0.25, 0.3) is 5.91 Å². The second kappa shape index (κ2) is 10.3. The van der Waals surface area contributed by atoms with Crippen LogP contribution in [-0.4, -0.2) is 30.3 Å². The SMILES string of the molecule is CC(=O)C(Cc1ccccc1)NC(=O)COC(=O)C=Cc1cccc(Cl)c1. The standard InChI is InChI=1S/C21H20ClNO4/c1-15(24)19(13-16-6-3-2-4-7-16)23-20(25)14-27-21(26)11-10-17-8-5-9-18(22)12-17/h2-12,19H,13-14H2,1H3,(H,23,25). The molecule has 0 heterocycles. The van der Waals surface area contributed by atoms with Gasteiger partial charge < -0.3 is 10.1 Å². The number of benzene rings is 2. The second-order valence-corrected chi connectivity index (χ2v) is 6.35. The van der Waals surface area contributed by atoms with E-state index in [2.05, 4.69) is 5.32 Å². The lowest BCUT2D eigenvalue weighted by Crippen LogP contribution is -2.43. The van der Waals surface area contributed by atoms with Crippen LogP contribution >= 0.6 is 11.6 Å². The van der Waals surface area contributed by atoms with Crippen LogP contribution in [-0.2, 0) is 25.5 Å². The molecule has 140 valence electrons. The van der Waals surface area contributed by atoms with Gasteiger partial charge in [-0.3, -0.25) is 9.59 Å². The molecule has 0 saturated carbocycles. The molecule has 1 amide bonds. The number of rotatable bonds is 8. The summed E-state index contributed by atoms with van der Waals surface area (Å²) in [7, 11) is 0. The van der Waals surface area contributed by atoms with Gasteiger partial charge in [-0.2, -0.15) is 0 Å². The van der Waals surface area contributed by atoms with Crippen molar-refractivity contribution in [2.75, 3.05) is 6.61 Å². The van der Waals surface area contributed by atoms with Crippen molar-refractivity contribution in [3.63, 3.8) is 0 Å². The molecule has 0 spiro atoms.